The Bertz CT molecular complexity index is 388. The summed E-state index contributed by atoms with van der Waals surface area (Å²) in [6, 6.07) is 7.31. The van der Waals surface area contributed by atoms with Crippen molar-refractivity contribution in [1.29, 1.82) is 0 Å². The van der Waals surface area contributed by atoms with Crippen molar-refractivity contribution >= 4 is 15.9 Å². The summed E-state index contributed by atoms with van der Waals surface area (Å²) in [6.07, 6.45) is 2.67. The molecule has 1 saturated carbocycles. The second-order valence-corrected chi connectivity index (χ2v) is 6.34. The predicted octanol–water partition coefficient (Wildman–Crippen LogP) is 3.87. The molecule has 1 fully saturated rings. The molecule has 3 heteroatoms. The molecule has 0 radical (unpaired) electrons. The predicted molar refractivity (Wildman–Crippen MR) is 78.5 cm³/mol. The molecule has 0 amide bonds. The van der Waals surface area contributed by atoms with E-state index < -0.39 is 0 Å². The molecule has 0 heterocycles. The first kappa shape index (κ1) is 14.0. The van der Waals surface area contributed by atoms with Crippen molar-refractivity contribution in [1.82, 2.24) is 5.32 Å². The van der Waals surface area contributed by atoms with Crippen LogP contribution in [0.5, 0.6) is 0 Å². The van der Waals surface area contributed by atoms with Crippen molar-refractivity contribution in [3.8, 4) is 0 Å². The summed E-state index contributed by atoms with van der Waals surface area (Å²) in [5.74, 6) is 0.589. The van der Waals surface area contributed by atoms with Crippen molar-refractivity contribution < 1.29 is 4.74 Å². The number of hydrogen-bond donors (Lipinski definition) is 1. The molecule has 1 aliphatic rings. The lowest BCUT2D eigenvalue weighted by atomic mass is 10.1. The van der Waals surface area contributed by atoms with Crippen molar-refractivity contribution in [3.05, 3.63) is 33.8 Å². The molecule has 100 valence electrons. The van der Waals surface area contributed by atoms with Crippen LogP contribution in [0.2, 0.25) is 0 Å². The molecule has 0 bridgehead atoms. The fourth-order valence-corrected chi connectivity index (χ4v) is 2.31. The highest BCUT2D eigenvalue weighted by Gasteiger charge is 2.19. The summed E-state index contributed by atoms with van der Waals surface area (Å²) >= 11 is 3.63. The van der Waals surface area contributed by atoms with Crippen molar-refractivity contribution in [2.75, 3.05) is 6.61 Å². The molecule has 2 nitrogen and oxygen atoms in total. The lowest BCUT2D eigenvalue weighted by Gasteiger charge is -2.10. The van der Waals surface area contributed by atoms with Gasteiger partial charge in [-0.05, 0) is 36.0 Å². The highest BCUT2D eigenvalue weighted by Crippen LogP contribution is 2.22. The molecule has 18 heavy (non-hydrogen) atoms. The van der Waals surface area contributed by atoms with E-state index in [4.69, 9.17) is 4.74 Å². The molecule has 0 aliphatic heterocycles. The smallest absolute Gasteiger partial charge is 0.0727 e. The van der Waals surface area contributed by atoms with Crippen LogP contribution < -0.4 is 5.32 Å². The van der Waals surface area contributed by atoms with Crippen LogP contribution in [-0.4, -0.2) is 12.6 Å². The first-order valence-corrected chi connectivity index (χ1v) is 7.53. The summed E-state index contributed by atoms with van der Waals surface area (Å²) < 4.78 is 6.82. The Morgan fingerprint density at radius 1 is 1.39 bits per heavy atom. The SMILES string of the molecule is CC(C)COCc1ccc(CNC2CC2)cc1Br. The molecule has 1 aliphatic carbocycles. The lowest BCUT2D eigenvalue weighted by molar-refractivity contribution is 0.0967. The topological polar surface area (TPSA) is 21.3 Å². The number of benzene rings is 1. The van der Waals surface area contributed by atoms with E-state index in [-0.39, 0.29) is 0 Å². The number of rotatable bonds is 7. The minimum atomic E-state index is 0.589. The van der Waals surface area contributed by atoms with Crippen molar-refractivity contribution in [2.45, 2.75) is 45.9 Å². The van der Waals surface area contributed by atoms with Gasteiger partial charge < -0.3 is 10.1 Å². The van der Waals surface area contributed by atoms with Gasteiger partial charge >= 0.3 is 0 Å². The number of hydrogen-bond acceptors (Lipinski definition) is 2. The van der Waals surface area contributed by atoms with Crippen LogP contribution in [-0.2, 0) is 17.9 Å². The van der Waals surface area contributed by atoms with E-state index in [1.54, 1.807) is 0 Å². The van der Waals surface area contributed by atoms with Gasteiger partial charge in [-0.25, -0.2) is 0 Å². The minimum absolute atomic E-state index is 0.589. The number of ether oxygens (including phenoxy) is 1. The van der Waals surface area contributed by atoms with E-state index in [1.165, 1.54) is 24.0 Å². The van der Waals surface area contributed by atoms with Gasteiger partial charge in [-0.2, -0.15) is 0 Å². The van der Waals surface area contributed by atoms with Crippen molar-refractivity contribution in [3.63, 3.8) is 0 Å². The van der Waals surface area contributed by atoms with Crippen LogP contribution in [0.25, 0.3) is 0 Å². The van der Waals surface area contributed by atoms with Gasteiger partial charge in [0.15, 0.2) is 0 Å². The quantitative estimate of drug-likeness (QED) is 0.825. The maximum absolute atomic E-state index is 5.66. The largest absolute Gasteiger partial charge is 0.376 e. The monoisotopic (exact) mass is 311 g/mol. The average molecular weight is 312 g/mol. The van der Waals surface area contributed by atoms with Crippen LogP contribution >= 0.6 is 15.9 Å². The number of halogens is 1. The lowest BCUT2D eigenvalue weighted by Crippen LogP contribution is -2.15. The molecule has 0 unspecified atom stereocenters. The van der Waals surface area contributed by atoms with Gasteiger partial charge in [0.05, 0.1) is 6.61 Å². The fourth-order valence-electron chi connectivity index (χ4n) is 1.77. The van der Waals surface area contributed by atoms with E-state index in [2.05, 4.69) is 53.3 Å². The van der Waals surface area contributed by atoms with Gasteiger partial charge in [-0.3, -0.25) is 0 Å². The maximum Gasteiger partial charge on any atom is 0.0727 e. The molecule has 0 atom stereocenters. The fraction of sp³-hybridized carbons (Fsp3) is 0.600. The highest BCUT2D eigenvalue weighted by molar-refractivity contribution is 9.10. The van der Waals surface area contributed by atoms with Crippen LogP contribution in [0.1, 0.15) is 37.8 Å². The Morgan fingerprint density at radius 2 is 2.17 bits per heavy atom. The van der Waals surface area contributed by atoms with Gasteiger partial charge in [-0.1, -0.05) is 41.9 Å². The van der Waals surface area contributed by atoms with Crippen molar-refractivity contribution in [2.24, 2.45) is 5.92 Å². The minimum Gasteiger partial charge on any atom is -0.376 e. The number of nitrogens with one attached hydrogen (secondary N) is 1. The van der Waals surface area contributed by atoms with Crippen LogP contribution in [0.4, 0.5) is 0 Å². The highest BCUT2D eigenvalue weighted by atomic mass is 79.9. The maximum atomic E-state index is 5.66. The Morgan fingerprint density at radius 3 is 2.78 bits per heavy atom. The summed E-state index contributed by atoms with van der Waals surface area (Å²) in [4.78, 5) is 0. The average Bonchev–Trinajstić information content (AvgIpc) is 3.12. The third kappa shape index (κ3) is 4.71. The molecule has 2 rings (SSSR count). The second kappa shape index (κ2) is 6.69. The summed E-state index contributed by atoms with van der Waals surface area (Å²) in [6.45, 7) is 6.81. The van der Waals surface area contributed by atoms with Crippen LogP contribution in [0.15, 0.2) is 22.7 Å². The molecule has 0 saturated heterocycles. The Kier molecular flexibility index (Phi) is 5.22. The van der Waals surface area contributed by atoms with Gasteiger partial charge in [0, 0.05) is 23.7 Å². The Hall–Kier alpha value is -0.380. The molecule has 0 aromatic heterocycles. The van der Waals surface area contributed by atoms with Gasteiger partial charge in [0.2, 0.25) is 0 Å². The summed E-state index contributed by atoms with van der Waals surface area (Å²) in [5, 5.41) is 3.53. The standard InChI is InChI=1S/C15H22BrNO/c1-11(2)9-18-10-13-4-3-12(7-15(13)16)8-17-14-5-6-14/h3-4,7,11,14,17H,5-6,8-10H2,1-2H3. The first-order valence-electron chi connectivity index (χ1n) is 6.73. The zero-order chi connectivity index (χ0) is 13.0. The van der Waals surface area contributed by atoms with E-state index in [9.17, 15) is 0 Å². The summed E-state index contributed by atoms with van der Waals surface area (Å²) in [5.41, 5.74) is 2.56. The van der Waals surface area contributed by atoms with E-state index in [0.29, 0.717) is 12.5 Å². The molecular weight excluding hydrogens is 290 g/mol. The van der Waals surface area contributed by atoms with Gasteiger partial charge in [0.1, 0.15) is 0 Å². The first-order chi connectivity index (χ1) is 8.65. The molecule has 0 spiro atoms. The van der Waals surface area contributed by atoms with E-state index in [1.807, 2.05) is 0 Å². The van der Waals surface area contributed by atoms with E-state index >= 15 is 0 Å². The summed E-state index contributed by atoms with van der Waals surface area (Å²) in [7, 11) is 0. The Labute approximate surface area is 118 Å². The third-order valence-corrected chi connectivity index (χ3v) is 3.74. The normalized spacial score (nSPS) is 15.3. The molecule has 1 aromatic carbocycles. The molecule has 1 aromatic rings. The third-order valence-electron chi connectivity index (χ3n) is 3.00. The zero-order valence-corrected chi connectivity index (χ0v) is 12.8. The molecular formula is C15H22BrNO. The molecule has 1 N–H and O–H groups in total. The van der Waals surface area contributed by atoms with Gasteiger partial charge in [-0.15, -0.1) is 0 Å². The van der Waals surface area contributed by atoms with Gasteiger partial charge in [0.25, 0.3) is 0 Å². The van der Waals surface area contributed by atoms with Crippen LogP contribution in [0, 0.1) is 5.92 Å². The second-order valence-electron chi connectivity index (χ2n) is 5.49. The Balaban J connectivity index is 1.83. The zero-order valence-electron chi connectivity index (χ0n) is 11.2. The van der Waals surface area contributed by atoms with Crippen LogP contribution in [0.3, 0.4) is 0 Å². The van der Waals surface area contributed by atoms with E-state index in [0.717, 1.165) is 23.7 Å².